The number of aromatic amines is 1. The number of aryl methyl sites for hydroxylation is 1. The molecule has 0 unspecified atom stereocenters. The summed E-state index contributed by atoms with van der Waals surface area (Å²) in [4.78, 5) is 15.6. The van der Waals surface area contributed by atoms with Crippen molar-refractivity contribution in [2.75, 3.05) is 5.32 Å². The number of carbonyl (C=O) groups excluding carboxylic acids is 1. The van der Waals surface area contributed by atoms with Gasteiger partial charge in [0.15, 0.2) is 0 Å². The van der Waals surface area contributed by atoms with Crippen LogP contribution in [0.25, 0.3) is 11.6 Å². The van der Waals surface area contributed by atoms with Crippen LogP contribution < -0.4 is 5.32 Å². The number of carbonyl (C=O) groups is 1. The molecule has 0 spiro atoms. The highest BCUT2D eigenvalue weighted by atomic mass is 16.3. The molecule has 2 aliphatic rings. The summed E-state index contributed by atoms with van der Waals surface area (Å²) in [6.07, 6.45) is 8.58. The van der Waals surface area contributed by atoms with Crippen LogP contribution >= 0.6 is 0 Å². The molecule has 1 aromatic carbocycles. The number of aromatic nitrogens is 1. The normalized spacial score (nSPS) is 18.2. The maximum Gasteiger partial charge on any atom is 0.256 e. The van der Waals surface area contributed by atoms with E-state index in [4.69, 9.17) is 0 Å². The second-order valence-corrected chi connectivity index (χ2v) is 5.96. The standard InChI is InChI=1S/C18H18N2O2/c21-10-11-5-6-17-14(7-11)15(18(22)20-17)8-12-9-19-16-4-2-1-3-13(12)16/h5-9,19,21H,1-4,10H2,(H,20,22). The second-order valence-electron chi connectivity index (χ2n) is 5.96. The Hall–Kier alpha value is -2.33. The van der Waals surface area contributed by atoms with E-state index in [1.807, 2.05) is 30.5 Å². The van der Waals surface area contributed by atoms with Gasteiger partial charge in [-0.25, -0.2) is 0 Å². The van der Waals surface area contributed by atoms with Crippen LogP contribution in [-0.2, 0) is 24.2 Å². The Morgan fingerprint density at radius 2 is 2.09 bits per heavy atom. The Labute approximate surface area is 128 Å². The third-order valence-electron chi connectivity index (χ3n) is 4.57. The van der Waals surface area contributed by atoms with Crippen LogP contribution in [0.15, 0.2) is 24.4 Å². The molecule has 0 bridgehead atoms. The predicted molar refractivity (Wildman–Crippen MR) is 86.3 cm³/mol. The summed E-state index contributed by atoms with van der Waals surface area (Å²) >= 11 is 0. The molecule has 1 aliphatic carbocycles. The van der Waals surface area contributed by atoms with Crippen molar-refractivity contribution in [3.63, 3.8) is 0 Å². The van der Waals surface area contributed by atoms with Gasteiger partial charge in [0, 0.05) is 28.7 Å². The Bertz CT molecular complexity index is 786. The maximum absolute atomic E-state index is 12.3. The first-order valence-corrected chi connectivity index (χ1v) is 7.72. The Kier molecular flexibility index (Phi) is 3.12. The van der Waals surface area contributed by atoms with Crippen LogP contribution in [0.4, 0.5) is 5.69 Å². The lowest BCUT2D eigenvalue weighted by Gasteiger charge is -2.11. The predicted octanol–water partition coefficient (Wildman–Crippen LogP) is 2.88. The maximum atomic E-state index is 12.3. The van der Waals surface area contributed by atoms with E-state index in [2.05, 4.69) is 10.3 Å². The largest absolute Gasteiger partial charge is 0.392 e. The smallest absolute Gasteiger partial charge is 0.256 e. The van der Waals surface area contributed by atoms with Gasteiger partial charge in [0.25, 0.3) is 5.91 Å². The number of anilines is 1. The average Bonchev–Trinajstić information content (AvgIpc) is 3.09. The molecule has 0 saturated heterocycles. The lowest BCUT2D eigenvalue weighted by molar-refractivity contribution is -0.110. The summed E-state index contributed by atoms with van der Waals surface area (Å²) < 4.78 is 0. The van der Waals surface area contributed by atoms with Gasteiger partial charge in [0.1, 0.15) is 0 Å². The number of H-pyrrole nitrogens is 1. The molecule has 4 nitrogen and oxygen atoms in total. The average molecular weight is 294 g/mol. The van der Waals surface area contributed by atoms with Crippen LogP contribution in [0.2, 0.25) is 0 Å². The minimum Gasteiger partial charge on any atom is -0.392 e. The molecule has 0 radical (unpaired) electrons. The number of hydrogen-bond acceptors (Lipinski definition) is 2. The lowest BCUT2D eigenvalue weighted by Crippen LogP contribution is -2.04. The number of amides is 1. The number of nitrogens with one attached hydrogen (secondary N) is 2. The first-order chi connectivity index (χ1) is 10.8. The van der Waals surface area contributed by atoms with Crippen molar-refractivity contribution in [1.29, 1.82) is 0 Å². The lowest BCUT2D eigenvalue weighted by atomic mass is 9.93. The molecule has 1 amide bonds. The highest BCUT2D eigenvalue weighted by molar-refractivity contribution is 6.35. The molecule has 2 aromatic rings. The minimum atomic E-state index is -0.0733. The number of fused-ring (bicyclic) bond motifs is 2. The van der Waals surface area contributed by atoms with Crippen LogP contribution in [-0.4, -0.2) is 16.0 Å². The van der Waals surface area contributed by atoms with Gasteiger partial charge in [-0.3, -0.25) is 4.79 Å². The van der Waals surface area contributed by atoms with Gasteiger partial charge in [-0.05, 0) is 60.6 Å². The number of hydrogen-bond donors (Lipinski definition) is 3. The van der Waals surface area contributed by atoms with E-state index in [0.29, 0.717) is 5.57 Å². The van der Waals surface area contributed by atoms with Crippen molar-refractivity contribution in [3.05, 3.63) is 52.3 Å². The fourth-order valence-corrected chi connectivity index (χ4v) is 3.40. The molecule has 0 saturated carbocycles. The number of rotatable bonds is 2. The first-order valence-electron chi connectivity index (χ1n) is 7.72. The van der Waals surface area contributed by atoms with E-state index >= 15 is 0 Å². The van der Waals surface area contributed by atoms with Gasteiger partial charge in [0.2, 0.25) is 0 Å². The fraction of sp³-hybridized carbons (Fsp3) is 0.278. The van der Waals surface area contributed by atoms with Crippen molar-refractivity contribution in [2.45, 2.75) is 32.3 Å². The van der Waals surface area contributed by atoms with Crippen molar-refractivity contribution in [1.82, 2.24) is 4.98 Å². The van der Waals surface area contributed by atoms with Gasteiger partial charge < -0.3 is 15.4 Å². The molecule has 4 heteroatoms. The fourth-order valence-electron chi connectivity index (χ4n) is 3.40. The summed E-state index contributed by atoms with van der Waals surface area (Å²) in [6, 6.07) is 5.57. The molecule has 22 heavy (non-hydrogen) atoms. The van der Waals surface area contributed by atoms with Gasteiger partial charge in [-0.15, -0.1) is 0 Å². The van der Waals surface area contributed by atoms with Gasteiger partial charge in [-0.1, -0.05) is 6.07 Å². The van der Waals surface area contributed by atoms with E-state index in [0.717, 1.165) is 35.2 Å². The highest BCUT2D eigenvalue weighted by Gasteiger charge is 2.25. The van der Waals surface area contributed by atoms with Crippen LogP contribution in [0.1, 0.15) is 40.8 Å². The van der Waals surface area contributed by atoms with Crippen LogP contribution in [0, 0.1) is 0 Å². The number of benzene rings is 1. The molecule has 4 rings (SSSR count). The van der Waals surface area contributed by atoms with Crippen molar-refractivity contribution >= 4 is 23.2 Å². The Morgan fingerprint density at radius 3 is 2.95 bits per heavy atom. The minimum absolute atomic E-state index is 0.0195. The highest BCUT2D eigenvalue weighted by Crippen LogP contribution is 2.35. The molecule has 0 atom stereocenters. The quantitative estimate of drug-likeness (QED) is 0.746. The van der Waals surface area contributed by atoms with Crippen molar-refractivity contribution < 1.29 is 9.90 Å². The van der Waals surface area contributed by atoms with E-state index in [1.165, 1.54) is 24.1 Å². The molecule has 3 N–H and O–H groups in total. The summed E-state index contributed by atoms with van der Waals surface area (Å²) in [5.41, 5.74) is 6.95. The topological polar surface area (TPSA) is 65.1 Å². The third-order valence-corrected chi connectivity index (χ3v) is 4.57. The summed E-state index contributed by atoms with van der Waals surface area (Å²) in [5.74, 6) is -0.0733. The zero-order valence-corrected chi connectivity index (χ0v) is 12.3. The van der Waals surface area contributed by atoms with Gasteiger partial charge >= 0.3 is 0 Å². The SMILES string of the molecule is O=C1Nc2ccc(CO)cc2C1=Cc1c[nH]c2c1CCCC2. The van der Waals surface area contributed by atoms with E-state index in [1.54, 1.807) is 0 Å². The van der Waals surface area contributed by atoms with Crippen molar-refractivity contribution in [3.8, 4) is 0 Å². The molecular weight excluding hydrogens is 276 g/mol. The molecule has 1 aromatic heterocycles. The molecule has 2 heterocycles. The molecular formula is C18H18N2O2. The van der Waals surface area contributed by atoms with Gasteiger partial charge in [-0.2, -0.15) is 0 Å². The zero-order valence-electron chi connectivity index (χ0n) is 12.3. The molecule has 1 aliphatic heterocycles. The van der Waals surface area contributed by atoms with Crippen LogP contribution in [0.3, 0.4) is 0 Å². The number of aliphatic hydroxyl groups excluding tert-OH is 1. The van der Waals surface area contributed by atoms with E-state index in [-0.39, 0.29) is 12.5 Å². The summed E-state index contributed by atoms with van der Waals surface area (Å²) in [7, 11) is 0. The third kappa shape index (κ3) is 2.07. The summed E-state index contributed by atoms with van der Waals surface area (Å²) in [5, 5.41) is 12.2. The monoisotopic (exact) mass is 294 g/mol. The summed E-state index contributed by atoms with van der Waals surface area (Å²) in [6.45, 7) is -0.0195. The first kappa shape index (κ1) is 13.3. The number of aliphatic hydroxyl groups is 1. The zero-order chi connectivity index (χ0) is 15.1. The molecule has 112 valence electrons. The van der Waals surface area contributed by atoms with E-state index in [9.17, 15) is 9.90 Å². The Morgan fingerprint density at radius 1 is 1.23 bits per heavy atom. The van der Waals surface area contributed by atoms with Crippen LogP contribution in [0.5, 0.6) is 0 Å². The van der Waals surface area contributed by atoms with Crippen molar-refractivity contribution in [2.24, 2.45) is 0 Å². The Balaban J connectivity index is 1.80. The van der Waals surface area contributed by atoms with E-state index < -0.39 is 0 Å². The van der Waals surface area contributed by atoms with Gasteiger partial charge in [0.05, 0.1) is 6.61 Å². The second kappa shape index (κ2) is 5.14. The molecule has 0 fully saturated rings.